The summed E-state index contributed by atoms with van der Waals surface area (Å²) in [5.41, 5.74) is 0. The molecule has 1 fully saturated rings. The summed E-state index contributed by atoms with van der Waals surface area (Å²) in [5, 5.41) is 0. The molecule has 0 bridgehead atoms. The van der Waals surface area contributed by atoms with Crippen LogP contribution >= 0.6 is 11.6 Å². The van der Waals surface area contributed by atoms with Crippen LogP contribution in [0.1, 0.15) is 25.7 Å². The summed E-state index contributed by atoms with van der Waals surface area (Å²) in [4.78, 5) is 4.82. The average molecular weight is 219 g/mol. The van der Waals surface area contributed by atoms with Gasteiger partial charge in [-0.05, 0) is 33.5 Å². The van der Waals surface area contributed by atoms with E-state index in [1.807, 2.05) is 0 Å². The van der Waals surface area contributed by atoms with Crippen molar-refractivity contribution >= 4 is 11.6 Å². The normalized spacial score (nSPS) is 25.3. The molecule has 0 aromatic carbocycles. The van der Waals surface area contributed by atoms with Gasteiger partial charge in [0.1, 0.15) is 0 Å². The van der Waals surface area contributed by atoms with Gasteiger partial charge in [-0.25, -0.2) is 0 Å². The van der Waals surface area contributed by atoms with Crippen LogP contribution in [0, 0.1) is 0 Å². The zero-order valence-corrected chi connectivity index (χ0v) is 10.3. The molecule has 1 atom stereocenters. The first-order valence-corrected chi connectivity index (χ1v) is 6.22. The highest BCUT2D eigenvalue weighted by Gasteiger charge is 2.19. The lowest BCUT2D eigenvalue weighted by molar-refractivity contribution is 0.195. The Labute approximate surface area is 93.2 Å². The fraction of sp³-hybridized carbons (Fsp3) is 1.00. The van der Waals surface area contributed by atoms with E-state index in [1.54, 1.807) is 0 Å². The van der Waals surface area contributed by atoms with Crippen LogP contribution in [0.2, 0.25) is 0 Å². The van der Waals surface area contributed by atoms with Gasteiger partial charge in [0.15, 0.2) is 0 Å². The maximum atomic E-state index is 6.01. The number of nitrogens with zero attached hydrogens (tertiary/aromatic N) is 2. The van der Waals surface area contributed by atoms with Gasteiger partial charge in [0.2, 0.25) is 0 Å². The summed E-state index contributed by atoms with van der Waals surface area (Å²) in [5.74, 6) is 0.799. The van der Waals surface area contributed by atoms with Crippen molar-refractivity contribution in [2.75, 3.05) is 39.6 Å². The molecule has 0 aromatic rings. The van der Waals surface area contributed by atoms with E-state index in [0.29, 0.717) is 6.04 Å². The lowest BCUT2D eigenvalue weighted by atomic mass is 10.1. The van der Waals surface area contributed by atoms with Gasteiger partial charge in [0.05, 0.1) is 0 Å². The molecule has 2 nitrogen and oxygen atoms in total. The molecule has 1 aliphatic heterocycles. The van der Waals surface area contributed by atoms with Gasteiger partial charge < -0.3 is 4.90 Å². The summed E-state index contributed by atoms with van der Waals surface area (Å²) in [7, 11) is 4.26. The van der Waals surface area contributed by atoms with Gasteiger partial charge in [-0.3, -0.25) is 4.90 Å². The van der Waals surface area contributed by atoms with Crippen molar-refractivity contribution in [3.8, 4) is 0 Å². The number of halogens is 1. The van der Waals surface area contributed by atoms with Crippen molar-refractivity contribution < 1.29 is 0 Å². The van der Waals surface area contributed by atoms with Gasteiger partial charge >= 0.3 is 0 Å². The minimum Gasteiger partial charge on any atom is -0.308 e. The molecule has 3 heteroatoms. The predicted octanol–water partition coefficient (Wildman–Crippen LogP) is 2.03. The molecular formula is C11H23ClN2. The molecule has 0 radical (unpaired) electrons. The lowest BCUT2D eigenvalue weighted by Gasteiger charge is -2.29. The fourth-order valence-electron chi connectivity index (χ4n) is 2.03. The van der Waals surface area contributed by atoms with Crippen LogP contribution in [-0.2, 0) is 0 Å². The molecule has 1 unspecified atom stereocenters. The molecule has 0 aromatic heterocycles. The molecule has 0 aliphatic carbocycles. The second-order valence-corrected chi connectivity index (χ2v) is 4.81. The number of likely N-dealkylation sites (tertiary alicyclic amines) is 1. The van der Waals surface area contributed by atoms with Gasteiger partial charge in [-0.1, -0.05) is 12.8 Å². The van der Waals surface area contributed by atoms with Crippen molar-refractivity contribution in [1.29, 1.82) is 0 Å². The topological polar surface area (TPSA) is 6.48 Å². The first kappa shape index (κ1) is 12.3. The summed E-state index contributed by atoms with van der Waals surface area (Å²) in [6, 6.07) is 0.624. The molecule has 0 spiro atoms. The third-order valence-corrected chi connectivity index (χ3v) is 3.37. The van der Waals surface area contributed by atoms with Gasteiger partial charge in [-0.2, -0.15) is 0 Å². The fourth-order valence-corrected chi connectivity index (χ4v) is 2.38. The van der Waals surface area contributed by atoms with Crippen molar-refractivity contribution in [3.05, 3.63) is 0 Å². The van der Waals surface area contributed by atoms with Crippen LogP contribution in [0.3, 0.4) is 0 Å². The predicted molar refractivity (Wildman–Crippen MR) is 63.1 cm³/mol. The van der Waals surface area contributed by atoms with E-state index in [0.717, 1.165) is 12.4 Å². The van der Waals surface area contributed by atoms with Crippen molar-refractivity contribution in [2.45, 2.75) is 31.7 Å². The molecular weight excluding hydrogens is 196 g/mol. The maximum Gasteiger partial charge on any atom is 0.0379 e. The van der Waals surface area contributed by atoms with E-state index >= 15 is 0 Å². The smallest absolute Gasteiger partial charge is 0.0379 e. The van der Waals surface area contributed by atoms with E-state index in [2.05, 4.69) is 23.9 Å². The van der Waals surface area contributed by atoms with E-state index < -0.39 is 0 Å². The summed E-state index contributed by atoms with van der Waals surface area (Å²) >= 11 is 6.01. The Bertz CT molecular complexity index is 150. The monoisotopic (exact) mass is 218 g/mol. The number of alkyl halides is 1. The molecule has 0 amide bonds. The van der Waals surface area contributed by atoms with E-state index in [1.165, 1.54) is 38.8 Å². The number of likely N-dealkylation sites (N-methyl/N-ethyl adjacent to an activating group) is 1. The largest absolute Gasteiger partial charge is 0.308 e. The molecule has 0 N–H and O–H groups in total. The average Bonchev–Trinajstić information content (AvgIpc) is 2.38. The molecule has 0 saturated carbocycles. The number of hydrogen-bond acceptors (Lipinski definition) is 2. The Kier molecular flexibility index (Phi) is 5.83. The van der Waals surface area contributed by atoms with Gasteiger partial charge in [-0.15, -0.1) is 11.6 Å². The Morgan fingerprint density at radius 3 is 2.71 bits per heavy atom. The van der Waals surface area contributed by atoms with Crippen molar-refractivity contribution in [2.24, 2.45) is 0 Å². The van der Waals surface area contributed by atoms with Crippen LogP contribution in [0.5, 0.6) is 0 Å². The highest BCUT2D eigenvalue weighted by atomic mass is 35.5. The molecule has 1 saturated heterocycles. The first-order chi connectivity index (χ1) is 6.74. The molecule has 14 heavy (non-hydrogen) atoms. The minimum atomic E-state index is 0.624. The van der Waals surface area contributed by atoms with Crippen LogP contribution in [0.4, 0.5) is 0 Å². The summed E-state index contributed by atoms with van der Waals surface area (Å²) in [6.45, 7) is 3.56. The first-order valence-electron chi connectivity index (χ1n) is 5.69. The molecule has 84 valence electrons. The third kappa shape index (κ3) is 4.16. The van der Waals surface area contributed by atoms with Crippen LogP contribution < -0.4 is 0 Å². The molecule has 1 aliphatic rings. The van der Waals surface area contributed by atoms with Crippen LogP contribution in [0.25, 0.3) is 0 Å². The minimum absolute atomic E-state index is 0.624. The Hall–Kier alpha value is 0.210. The lowest BCUT2D eigenvalue weighted by Crippen LogP contribution is -2.40. The van der Waals surface area contributed by atoms with Crippen molar-refractivity contribution in [3.63, 3.8) is 0 Å². The van der Waals surface area contributed by atoms with E-state index in [4.69, 9.17) is 11.6 Å². The van der Waals surface area contributed by atoms with E-state index in [9.17, 15) is 0 Å². The molecule has 1 heterocycles. The number of rotatable bonds is 4. The number of hydrogen-bond donors (Lipinski definition) is 0. The standard InChI is InChI=1S/C11H23ClN2/c1-13(2)8-9-14-7-5-3-4-6-11(14)10-12/h11H,3-10H2,1-2H3. The second-order valence-electron chi connectivity index (χ2n) is 4.50. The molecule has 1 rings (SSSR count). The summed E-state index contributed by atoms with van der Waals surface area (Å²) < 4.78 is 0. The quantitative estimate of drug-likeness (QED) is 0.667. The Morgan fingerprint density at radius 1 is 1.29 bits per heavy atom. The highest BCUT2D eigenvalue weighted by Crippen LogP contribution is 2.17. The van der Waals surface area contributed by atoms with Crippen LogP contribution in [-0.4, -0.2) is 55.5 Å². The Balaban J connectivity index is 2.36. The SMILES string of the molecule is CN(C)CCN1CCCCCC1CCl. The zero-order valence-electron chi connectivity index (χ0n) is 9.51. The van der Waals surface area contributed by atoms with Crippen LogP contribution in [0.15, 0.2) is 0 Å². The maximum absolute atomic E-state index is 6.01. The third-order valence-electron chi connectivity index (χ3n) is 3.01. The van der Waals surface area contributed by atoms with E-state index in [-0.39, 0.29) is 0 Å². The highest BCUT2D eigenvalue weighted by molar-refractivity contribution is 6.18. The Morgan fingerprint density at radius 2 is 2.07 bits per heavy atom. The van der Waals surface area contributed by atoms with Gasteiger partial charge in [0.25, 0.3) is 0 Å². The second kappa shape index (κ2) is 6.65. The summed E-state index contributed by atoms with van der Waals surface area (Å²) in [6.07, 6.45) is 5.37. The van der Waals surface area contributed by atoms with Crippen molar-refractivity contribution in [1.82, 2.24) is 9.80 Å². The van der Waals surface area contributed by atoms with Gasteiger partial charge in [0, 0.05) is 25.0 Å². The zero-order chi connectivity index (χ0) is 10.4.